The van der Waals surface area contributed by atoms with Crippen LogP contribution in [0, 0.1) is 5.41 Å². The topological polar surface area (TPSA) is 43.9 Å². The molecule has 1 spiro atoms. The Kier molecular flexibility index (Phi) is 5.54. The molecule has 5 heteroatoms. The van der Waals surface area contributed by atoms with Crippen LogP contribution in [0.2, 0.25) is 0 Å². The molecule has 0 N–H and O–H groups in total. The lowest BCUT2D eigenvalue weighted by molar-refractivity contribution is -0.127. The third kappa shape index (κ3) is 3.44. The number of hydrogen-bond donors (Lipinski definition) is 0. The molecule has 2 fully saturated rings. The van der Waals surface area contributed by atoms with Gasteiger partial charge >= 0.3 is 6.03 Å². The number of carbonyl (C=O) groups is 2. The van der Waals surface area contributed by atoms with Crippen molar-refractivity contribution in [2.75, 3.05) is 38.1 Å². The summed E-state index contributed by atoms with van der Waals surface area (Å²) >= 11 is 0. The summed E-state index contributed by atoms with van der Waals surface area (Å²) in [6.45, 7) is 7.14. The fourth-order valence-electron chi connectivity index (χ4n) is 4.24. The molecule has 0 radical (unpaired) electrons. The van der Waals surface area contributed by atoms with Crippen molar-refractivity contribution in [2.45, 2.75) is 46.0 Å². The maximum absolute atomic E-state index is 13.2. The van der Waals surface area contributed by atoms with Crippen LogP contribution in [0.4, 0.5) is 10.5 Å². The summed E-state index contributed by atoms with van der Waals surface area (Å²) in [5.74, 6) is 0.246. The van der Waals surface area contributed by atoms with Gasteiger partial charge in [0, 0.05) is 38.9 Å². The minimum absolute atomic E-state index is 0.0964. The second-order valence-electron chi connectivity index (χ2n) is 7.70. The minimum Gasteiger partial charge on any atom is -0.328 e. The van der Waals surface area contributed by atoms with E-state index in [1.54, 1.807) is 4.90 Å². The van der Waals surface area contributed by atoms with E-state index in [1.807, 2.05) is 16.8 Å². The molecule has 142 valence electrons. The summed E-state index contributed by atoms with van der Waals surface area (Å²) in [5, 5.41) is 0. The largest absolute Gasteiger partial charge is 0.328 e. The molecule has 3 amide bonds. The van der Waals surface area contributed by atoms with E-state index in [9.17, 15) is 9.59 Å². The average molecular weight is 357 g/mol. The van der Waals surface area contributed by atoms with Crippen LogP contribution in [-0.2, 0) is 11.2 Å². The van der Waals surface area contributed by atoms with E-state index in [0.717, 1.165) is 50.9 Å². The van der Waals surface area contributed by atoms with E-state index in [4.69, 9.17) is 0 Å². The first kappa shape index (κ1) is 18.7. The molecule has 0 saturated carbocycles. The Morgan fingerprint density at radius 2 is 1.69 bits per heavy atom. The number of piperidine rings is 1. The first-order valence-corrected chi connectivity index (χ1v) is 9.91. The number of anilines is 1. The van der Waals surface area contributed by atoms with Crippen molar-refractivity contribution in [3.05, 3.63) is 29.8 Å². The third-order valence-electron chi connectivity index (χ3n) is 6.05. The molecule has 2 saturated heterocycles. The van der Waals surface area contributed by atoms with Crippen molar-refractivity contribution in [2.24, 2.45) is 5.41 Å². The number of nitrogens with zero attached hydrogens (tertiary/aromatic N) is 3. The second kappa shape index (κ2) is 7.68. The minimum atomic E-state index is -0.274. The van der Waals surface area contributed by atoms with E-state index >= 15 is 0 Å². The summed E-state index contributed by atoms with van der Waals surface area (Å²) in [6.07, 6.45) is 4.43. The lowest BCUT2D eigenvalue weighted by Gasteiger charge is -2.39. The molecule has 2 aliphatic heterocycles. The van der Waals surface area contributed by atoms with Crippen LogP contribution in [0.3, 0.4) is 0 Å². The number of carbonyl (C=O) groups excluding carboxylic acids is 2. The molecule has 2 heterocycles. The number of benzene rings is 1. The van der Waals surface area contributed by atoms with Gasteiger partial charge in [0.15, 0.2) is 0 Å². The summed E-state index contributed by atoms with van der Waals surface area (Å²) in [5.41, 5.74) is 2.02. The zero-order valence-corrected chi connectivity index (χ0v) is 16.3. The molecule has 0 bridgehead atoms. The number of aryl methyl sites for hydroxylation is 1. The molecular formula is C21H31N3O2. The van der Waals surface area contributed by atoms with Gasteiger partial charge in [-0.3, -0.25) is 4.79 Å². The van der Waals surface area contributed by atoms with Gasteiger partial charge in [0.2, 0.25) is 5.91 Å². The van der Waals surface area contributed by atoms with Gasteiger partial charge < -0.3 is 14.7 Å². The van der Waals surface area contributed by atoms with Crippen LogP contribution in [0.25, 0.3) is 0 Å². The highest BCUT2D eigenvalue weighted by atomic mass is 16.2. The van der Waals surface area contributed by atoms with Gasteiger partial charge in [-0.05, 0) is 49.8 Å². The monoisotopic (exact) mass is 357 g/mol. The Labute approximate surface area is 156 Å². The highest BCUT2D eigenvalue weighted by Gasteiger charge is 2.49. The van der Waals surface area contributed by atoms with Crippen LogP contribution in [-0.4, -0.2) is 55.0 Å². The highest BCUT2D eigenvalue weighted by Crippen LogP contribution is 2.43. The average Bonchev–Trinajstić information content (AvgIpc) is 2.98. The highest BCUT2D eigenvalue weighted by molar-refractivity contribution is 6.00. The van der Waals surface area contributed by atoms with E-state index in [1.165, 1.54) is 5.56 Å². The van der Waals surface area contributed by atoms with Crippen LogP contribution < -0.4 is 4.90 Å². The fourth-order valence-corrected chi connectivity index (χ4v) is 4.24. The maximum Gasteiger partial charge on any atom is 0.319 e. The Balaban J connectivity index is 1.64. The second-order valence-corrected chi connectivity index (χ2v) is 7.70. The molecule has 1 aromatic rings. The van der Waals surface area contributed by atoms with Gasteiger partial charge in [0.1, 0.15) is 0 Å². The van der Waals surface area contributed by atoms with Gasteiger partial charge in [0.25, 0.3) is 0 Å². The zero-order valence-electron chi connectivity index (χ0n) is 16.3. The number of urea groups is 1. The molecule has 2 aliphatic rings. The number of hydrogen-bond acceptors (Lipinski definition) is 2. The quantitative estimate of drug-likeness (QED) is 0.827. The summed E-state index contributed by atoms with van der Waals surface area (Å²) in [6, 6.07) is 8.44. The number of rotatable bonds is 4. The standard InChI is InChI=1S/C21H31N3O2/c1-4-13-22(3)20(26)23-14-10-21(11-15-23)12-16-24(19(21)25)18-8-6-17(5-2)7-9-18/h6-9H,4-5,10-16H2,1-3H3. The Hall–Kier alpha value is -2.04. The van der Waals surface area contributed by atoms with Crippen molar-refractivity contribution in [1.29, 1.82) is 0 Å². The van der Waals surface area contributed by atoms with E-state index in [2.05, 4.69) is 38.1 Å². The van der Waals surface area contributed by atoms with Gasteiger partial charge in [-0.15, -0.1) is 0 Å². The molecule has 5 nitrogen and oxygen atoms in total. The maximum atomic E-state index is 13.2. The van der Waals surface area contributed by atoms with Crippen molar-refractivity contribution in [3.63, 3.8) is 0 Å². The van der Waals surface area contributed by atoms with Crippen LogP contribution >= 0.6 is 0 Å². The SMILES string of the molecule is CCCN(C)C(=O)N1CCC2(CC1)CCN(c1ccc(CC)cc1)C2=O. The van der Waals surface area contributed by atoms with Crippen molar-refractivity contribution < 1.29 is 9.59 Å². The normalized spacial score (nSPS) is 19.3. The van der Waals surface area contributed by atoms with Gasteiger partial charge in [-0.25, -0.2) is 4.79 Å². The molecule has 26 heavy (non-hydrogen) atoms. The molecule has 0 atom stereocenters. The van der Waals surface area contributed by atoms with E-state index in [0.29, 0.717) is 13.1 Å². The smallest absolute Gasteiger partial charge is 0.319 e. The van der Waals surface area contributed by atoms with Crippen LogP contribution in [0.5, 0.6) is 0 Å². The first-order chi connectivity index (χ1) is 12.5. The third-order valence-corrected chi connectivity index (χ3v) is 6.05. The first-order valence-electron chi connectivity index (χ1n) is 9.91. The summed E-state index contributed by atoms with van der Waals surface area (Å²) in [4.78, 5) is 31.3. The molecule has 1 aromatic carbocycles. The Morgan fingerprint density at radius 1 is 1.08 bits per heavy atom. The molecular weight excluding hydrogens is 326 g/mol. The Morgan fingerprint density at radius 3 is 2.27 bits per heavy atom. The van der Waals surface area contributed by atoms with E-state index < -0.39 is 0 Å². The predicted octanol–water partition coefficient (Wildman–Crippen LogP) is 3.53. The lowest BCUT2D eigenvalue weighted by Crippen LogP contribution is -2.50. The summed E-state index contributed by atoms with van der Waals surface area (Å²) < 4.78 is 0. The number of likely N-dealkylation sites (tertiary alicyclic amines) is 1. The molecule has 0 aromatic heterocycles. The molecule has 0 unspecified atom stereocenters. The van der Waals surface area contributed by atoms with Crippen LogP contribution in [0.1, 0.15) is 45.1 Å². The van der Waals surface area contributed by atoms with Gasteiger partial charge in [-0.2, -0.15) is 0 Å². The predicted molar refractivity (Wildman–Crippen MR) is 104 cm³/mol. The number of amides is 3. The van der Waals surface area contributed by atoms with Crippen molar-refractivity contribution >= 4 is 17.6 Å². The van der Waals surface area contributed by atoms with Gasteiger partial charge in [-0.1, -0.05) is 26.0 Å². The molecule has 0 aliphatic carbocycles. The van der Waals surface area contributed by atoms with Crippen LogP contribution in [0.15, 0.2) is 24.3 Å². The van der Waals surface area contributed by atoms with Gasteiger partial charge in [0.05, 0.1) is 5.41 Å². The zero-order chi connectivity index (χ0) is 18.7. The Bertz CT molecular complexity index is 648. The summed E-state index contributed by atoms with van der Waals surface area (Å²) in [7, 11) is 1.86. The van der Waals surface area contributed by atoms with Crippen molar-refractivity contribution in [3.8, 4) is 0 Å². The lowest BCUT2D eigenvalue weighted by atomic mass is 9.77. The van der Waals surface area contributed by atoms with Crippen molar-refractivity contribution in [1.82, 2.24) is 9.80 Å². The van der Waals surface area contributed by atoms with E-state index in [-0.39, 0.29) is 17.4 Å². The fraction of sp³-hybridized carbons (Fsp3) is 0.619. The molecule has 3 rings (SSSR count).